The molecule has 0 amide bonds. The molecular weight excluding hydrogens is 254 g/mol. The van der Waals surface area contributed by atoms with Gasteiger partial charge in [0.15, 0.2) is 0 Å². The van der Waals surface area contributed by atoms with Gasteiger partial charge in [-0.2, -0.15) is 12.6 Å². The first kappa shape index (κ1) is 12.2. The van der Waals surface area contributed by atoms with Crippen LogP contribution in [0.25, 0.3) is 22.2 Å². The number of fused-ring (bicyclic) bond motifs is 1. The predicted octanol–water partition coefficient (Wildman–Crippen LogP) is 3.37. The number of aromatic nitrogens is 3. The highest BCUT2D eigenvalue weighted by molar-refractivity contribution is 7.79. The van der Waals surface area contributed by atoms with Crippen LogP contribution in [-0.4, -0.2) is 14.5 Å². The molecule has 2 aromatic heterocycles. The molecule has 0 spiro atoms. The van der Waals surface area contributed by atoms with Gasteiger partial charge in [0.05, 0.1) is 11.4 Å². The molecule has 2 heterocycles. The van der Waals surface area contributed by atoms with Crippen molar-refractivity contribution in [3.05, 3.63) is 48.0 Å². The molecule has 0 radical (unpaired) electrons. The summed E-state index contributed by atoms with van der Waals surface area (Å²) in [6.45, 7) is 1.99. The summed E-state index contributed by atoms with van der Waals surface area (Å²) in [4.78, 5) is 8.96. The van der Waals surface area contributed by atoms with Gasteiger partial charge in [0.25, 0.3) is 0 Å². The quantitative estimate of drug-likeness (QED) is 0.723. The van der Waals surface area contributed by atoms with Crippen molar-refractivity contribution in [2.75, 3.05) is 0 Å². The fraction of sp³-hybridized carbons (Fsp3) is 0.200. The van der Waals surface area contributed by atoms with E-state index in [4.69, 9.17) is 0 Å². The second kappa shape index (κ2) is 4.70. The zero-order chi connectivity index (χ0) is 13.4. The standard InChI is InChI=1S/C15H15N3S/c1-10-7-13(17-15(9-19)16-10)12-8-18(2)14-6-4-3-5-11(12)14/h3-8,19H,9H2,1-2H3. The molecule has 3 aromatic rings. The minimum atomic E-state index is 0.555. The Labute approximate surface area is 117 Å². The van der Waals surface area contributed by atoms with Gasteiger partial charge < -0.3 is 4.57 Å². The average molecular weight is 269 g/mol. The zero-order valence-electron chi connectivity index (χ0n) is 11.0. The Morgan fingerprint density at radius 2 is 2.00 bits per heavy atom. The summed E-state index contributed by atoms with van der Waals surface area (Å²) in [5.41, 5.74) is 4.29. The molecule has 0 saturated heterocycles. The molecule has 0 fully saturated rings. The molecular formula is C15H15N3S. The lowest BCUT2D eigenvalue weighted by Gasteiger charge is -2.03. The summed E-state index contributed by atoms with van der Waals surface area (Å²) in [7, 11) is 2.05. The van der Waals surface area contributed by atoms with E-state index < -0.39 is 0 Å². The van der Waals surface area contributed by atoms with Crippen LogP contribution < -0.4 is 0 Å². The Bertz CT molecular complexity index is 746. The number of para-hydroxylation sites is 1. The maximum absolute atomic E-state index is 4.58. The fourth-order valence-corrected chi connectivity index (χ4v) is 2.53. The highest BCUT2D eigenvalue weighted by atomic mass is 32.1. The Hall–Kier alpha value is -1.81. The van der Waals surface area contributed by atoms with Crippen LogP contribution in [0.4, 0.5) is 0 Å². The number of rotatable bonds is 2. The number of benzene rings is 1. The van der Waals surface area contributed by atoms with Crippen LogP contribution in [0.15, 0.2) is 36.5 Å². The van der Waals surface area contributed by atoms with Crippen molar-refractivity contribution in [2.24, 2.45) is 7.05 Å². The van der Waals surface area contributed by atoms with E-state index in [-0.39, 0.29) is 0 Å². The van der Waals surface area contributed by atoms with E-state index >= 15 is 0 Å². The molecule has 0 aliphatic rings. The summed E-state index contributed by atoms with van der Waals surface area (Å²) in [6, 6.07) is 10.4. The first-order chi connectivity index (χ1) is 9.19. The summed E-state index contributed by atoms with van der Waals surface area (Å²) in [5.74, 6) is 1.32. The fourth-order valence-electron chi connectivity index (χ4n) is 2.38. The van der Waals surface area contributed by atoms with Gasteiger partial charge in [0.2, 0.25) is 0 Å². The van der Waals surface area contributed by atoms with Crippen LogP contribution in [0, 0.1) is 6.92 Å². The van der Waals surface area contributed by atoms with E-state index in [1.54, 1.807) is 0 Å². The molecule has 0 unspecified atom stereocenters. The second-order valence-electron chi connectivity index (χ2n) is 4.64. The van der Waals surface area contributed by atoms with Crippen molar-refractivity contribution in [3.8, 4) is 11.3 Å². The van der Waals surface area contributed by atoms with Gasteiger partial charge >= 0.3 is 0 Å². The lowest BCUT2D eigenvalue weighted by molar-refractivity contribution is 0.965. The Kier molecular flexibility index (Phi) is 3.03. The largest absolute Gasteiger partial charge is 0.350 e. The third-order valence-electron chi connectivity index (χ3n) is 3.21. The molecule has 96 valence electrons. The SMILES string of the molecule is Cc1cc(-c2cn(C)c3ccccc23)nc(CS)n1. The van der Waals surface area contributed by atoms with Crippen LogP contribution in [0.5, 0.6) is 0 Å². The Morgan fingerprint density at radius 3 is 2.79 bits per heavy atom. The van der Waals surface area contributed by atoms with Crippen LogP contribution in [0.2, 0.25) is 0 Å². The van der Waals surface area contributed by atoms with E-state index in [0.29, 0.717) is 5.75 Å². The second-order valence-corrected chi connectivity index (χ2v) is 4.96. The maximum Gasteiger partial charge on any atom is 0.138 e. The smallest absolute Gasteiger partial charge is 0.138 e. The van der Waals surface area contributed by atoms with Gasteiger partial charge in [-0.25, -0.2) is 9.97 Å². The van der Waals surface area contributed by atoms with Gasteiger partial charge in [-0.3, -0.25) is 0 Å². The zero-order valence-corrected chi connectivity index (χ0v) is 11.9. The van der Waals surface area contributed by atoms with Crippen molar-refractivity contribution in [1.82, 2.24) is 14.5 Å². The van der Waals surface area contributed by atoms with E-state index in [9.17, 15) is 0 Å². The minimum absolute atomic E-state index is 0.555. The number of aryl methyl sites for hydroxylation is 2. The van der Waals surface area contributed by atoms with Gasteiger partial charge in [0, 0.05) is 35.4 Å². The Balaban J connectivity index is 2.27. The number of hydrogen-bond donors (Lipinski definition) is 1. The topological polar surface area (TPSA) is 30.7 Å². The summed E-state index contributed by atoms with van der Waals surface area (Å²) < 4.78 is 2.13. The lowest BCUT2D eigenvalue weighted by Crippen LogP contribution is -1.96. The van der Waals surface area contributed by atoms with Gasteiger partial charge in [0.1, 0.15) is 5.82 Å². The molecule has 0 bridgehead atoms. The number of thiol groups is 1. The number of hydrogen-bond acceptors (Lipinski definition) is 3. The molecule has 3 nitrogen and oxygen atoms in total. The molecule has 19 heavy (non-hydrogen) atoms. The van der Waals surface area contributed by atoms with Crippen molar-refractivity contribution in [3.63, 3.8) is 0 Å². The minimum Gasteiger partial charge on any atom is -0.350 e. The maximum atomic E-state index is 4.58. The predicted molar refractivity (Wildman–Crippen MR) is 81.4 cm³/mol. The van der Waals surface area contributed by atoms with Gasteiger partial charge in [-0.15, -0.1) is 0 Å². The molecule has 0 aliphatic heterocycles. The van der Waals surface area contributed by atoms with Crippen molar-refractivity contribution >= 4 is 23.5 Å². The van der Waals surface area contributed by atoms with Gasteiger partial charge in [-0.05, 0) is 19.1 Å². The van der Waals surface area contributed by atoms with Crippen LogP contribution >= 0.6 is 12.6 Å². The third kappa shape index (κ3) is 2.12. The van der Waals surface area contributed by atoms with E-state index in [2.05, 4.69) is 64.7 Å². The van der Waals surface area contributed by atoms with E-state index in [1.165, 1.54) is 10.9 Å². The summed E-state index contributed by atoms with van der Waals surface area (Å²) >= 11 is 4.27. The first-order valence-corrected chi connectivity index (χ1v) is 6.82. The molecule has 0 N–H and O–H groups in total. The summed E-state index contributed by atoms with van der Waals surface area (Å²) in [5, 5.41) is 1.22. The molecule has 1 aromatic carbocycles. The number of nitrogens with zero attached hydrogens (tertiary/aromatic N) is 3. The monoisotopic (exact) mass is 269 g/mol. The van der Waals surface area contributed by atoms with Crippen molar-refractivity contribution < 1.29 is 0 Å². The van der Waals surface area contributed by atoms with Crippen molar-refractivity contribution in [1.29, 1.82) is 0 Å². The van der Waals surface area contributed by atoms with E-state index in [0.717, 1.165) is 22.8 Å². The van der Waals surface area contributed by atoms with Crippen LogP contribution in [0.1, 0.15) is 11.5 Å². The molecule has 0 aliphatic carbocycles. The average Bonchev–Trinajstić information content (AvgIpc) is 2.76. The van der Waals surface area contributed by atoms with Gasteiger partial charge in [-0.1, -0.05) is 18.2 Å². The normalized spacial score (nSPS) is 11.1. The molecule has 0 saturated carbocycles. The Morgan fingerprint density at radius 1 is 1.21 bits per heavy atom. The molecule has 4 heteroatoms. The highest BCUT2D eigenvalue weighted by Crippen LogP contribution is 2.29. The van der Waals surface area contributed by atoms with Crippen LogP contribution in [0.3, 0.4) is 0 Å². The molecule has 3 rings (SSSR count). The van der Waals surface area contributed by atoms with Crippen molar-refractivity contribution in [2.45, 2.75) is 12.7 Å². The summed E-state index contributed by atoms with van der Waals surface area (Å²) in [6.07, 6.45) is 2.12. The third-order valence-corrected chi connectivity index (χ3v) is 3.50. The molecule has 0 atom stereocenters. The van der Waals surface area contributed by atoms with E-state index in [1.807, 2.05) is 13.0 Å². The lowest BCUT2D eigenvalue weighted by atomic mass is 10.1. The highest BCUT2D eigenvalue weighted by Gasteiger charge is 2.10. The van der Waals surface area contributed by atoms with Crippen LogP contribution in [-0.2, 0) is 12.8 Å². The first-order valence-electron chi connectivity index (χ1n) is 6.19.